The first-order valence-corrected chi connectivity index (χ1v) is 15.6. The van der Waals surface area contributed by atoms with Crippen molar-refractivity contribution in [3.63, 3.8) is 0 Å². The van der Waals surface area contributed by atoms with Crippen LogP contribution in [0.2, 0.25) is 5.02 Å². The molecule has 0 aromatic heterocycles. The molecule has 0 spiro atoms. The van der Waals surface area contributed by atoms with Gasteiger partial charge in [0.05, 0.1) is 6.04 Å². The van der Waals surface area contributed by atoms with Gasteiger partial charge in [-0.15, -0.1) is 0 Å². The van der Waals surface area contributed by atoms with Gasteiger partial charge in [0.25, 0.3) is 5.91 Å². The summed E-state index contributed by atoms with van der Waals surface area (Å²) in [4.78, 5) is 38.9. The number of rotatable bonds is 5. The average molecular weight is 677 g/mol. The molecule has 0 saturated carbocycles. The van der Waals surface area contributed by atoms with E-state index < -0.39 is 11.6 Å². The highest BCUT2D eigenvalue weighted by atomic mass is 127. The second kappa shape index (κ2) is 11.1. The lowest BCUT2D eigenvalue weighted by Gasteiger charge is -2.38. The number of carbonyl (C=O) groups excluding carboxylic acids is 2. The lowest BCUT2D eigenvalue weighted by molar-refractivity contribution is -0.143. The molecule has 9 heteroatoms. The van der Waals surface area contributed by atoms with Gasteiger partial charge in [-0.3, -0.25) is 9.59 Å². The quantitative estimate of drug-likeness (QED) is 0.333. The fourth-order valence-electron chi connectivity index (χ4n) is 5.92. The number of hydrogen-bond donors (Lipinski definition) is 0. The molecule has 0 aliphatic carbocycles. The van der Waals surface area contributed by atoms with E-state index in [4.69, 9.17) is 16.6 Å². The minimum absolute atomic E-state index is 0.0130. The molecular weight excluding hydrogens is 643 g/mol. The van der Waals surface area contributed by atoms with Crippen LogP contribution in [0.5, 0.6) is 0 Å². The summed E-state index contributed by atoms with van der Waals surface area (Å²) in [5.74, 6) is -0.00162. The van der Waals surface area contributed by atoms with E-state index in [9.17, 15) is 9.59 Å². The van der Waals surface area contributed by atoms with Crippen molar-refractivity contribution in [2.24, 2.45) is 10.9 Å². The van der Waals surface area contributed by atoms with E-state index in [2.05, 4.69) is 84.7 Å². The van der Waals surface area contributed by atoms with Crippen molar-refractivity contribution < 1.29 is 9.59 Å². The van der Waals surface area contributed by atoms with Crippen molar-refractivity contribution in [2.45, 2.75) is 57.7 Å². The van der Waals surface area contributed by atoms with Crippen LogP contribution in [-0.4, -0.2) is 58.4 Å². The van der Waals surface area contributed by atoms with E-state index in [0.29, 0.717) is 22.9 Å². The van der Waals surface area contributed by atoms with Crippen LogP contribution in [0.4, 0.5) is 0 Å². The highest BCUT2D eigenvalue weighted by Crippen LogP contribution is 2.56. The zero-order valence-corrected chi connectivity index (χ0v) is 26.7. The number of allylic oxidation sites excluding steroid dienone is 1. The average Bonchev–Trinajstić information content (AvgIpc) is 3.41. The number of likely N-dealkylation sites (N-methyl/N-ethyl adjacent to an activating group) is 1. The third-order valence-electron chi connectivity index (χ3n) is 7.86. The first kappa shape index (κ1) is 28.5. The number of halogens is 2. The normalized spacial score (nSPS) is 24.8. The molecule has 1 fully saturated rings. The highest BCUT2D eigenvalue weighted by molar-refractivity contribution is 14.1. The Morgan fingerprint density at radius 1 is 1.10 bits per heavy atom. The van der Waals surface area contributed by atoms with Crippen molar-refractivity contribution >= 4 is 62.9 Å². The van der Waals surface area contributed by atoms with Crippen LogP contribution in [0, 0.1) is 9.49 Å². The van der Waals surface area contributed by atoms with Crippen LogP contribution >= 0.6 is 46.0 Å². The second-order valence-corrected chi connectivity index (χ2v) is 13.7. The molecule has 2 aromatic rings. The van der Waals surface area contributed by atoms with Gasteiger partial charge in [-0.25, -0.2) is 4.99 Å². The number of amides is 2. The van der Waals surface area contributed by atoms with Gasteiger partial charge >= 0.3 is 0 Å². The number of thioether (sulfide) groups is 1. The smallest absolute Gasteiger partial charge is 0.263 e. The van der Waals surface area contributed by atoms with Gasteiger partial charge in [-0.05, 0) is 102 Å². The molecule has 3 aliphatic rings. The Morgan fingerprint density at radius 2 is 1.77 bits per heavy atom. The first-order valence-electron chi connectivity index (χ1n) is 13.4. The minimum Gasteiger partial charge on any atom is -0.347 e. The molecular formula is C30H34ClIN4O2S. The van der Waals surface area contributed by atoms with Gasteiger partial charge in [0, 0.05) is 34.9 Å². The predicted molar refractivity (Wildman–Crippen MR) is 167 cm³/mol. The summed E-state index contributed by atoms with van der Waals surface area (Å²) in [6.07, 6.45) is 2.55. The fourth-order valence-corrected chi connectivity index (χ4v) is 7.77. The number of carbonyl (C=O) groups is 2. The largest absolute Gasteiger partial charge is 0.347 e. The van der Waals surface area contributed by atoms with Crippen LogP contribution in [0.15, 0.2) is 64.1 Å². The Labute approximate surface area is 254 Å². The molecule has 0 radical (unpaired) electrons. The zero-order chi connectivity index (χ0) is 28.1. The standard InChI is InChI=1S/C30H34ClIN4O2S/c1-18(2)24-25(28(38)35-17-7-6-8-23(35)27(37)34(4)5)39-29-33-30(3,20-11-15-22(32)16-12-20)26(36(24)29)19-9-13-21(31)14-10-19/h9-16,18,23,26H,6-8,17H2,1-5H3/t23-,26?,30?/m0/s1. The van der Waals surface area contributed by atoms with Crippen molar-refractivity contribution in [1.82, 2.24) is 14.7 Å². The maximum atomic E-state index is 14.2. The molecule has 2 aromatic carbocycles. The Balaban J connectivity index is 1.61. The van der Waals surface area contributed by atoms with Gasteiger partial charge in [0.1, 0.15) is 16.5 Å². The van der Waals surface area contributed by atoms with E-state index in [1.165, 1.54) is 15.3 Å². The summed E-state index contributed by atoms with van der Waals surface area (Å²) in [5, 5.41) is 1.51. The number of likely N-dealkylation sites (tertiary alicyclic amines) is 1. The van der Waals surface area contributed by atoms with Crippen molar-refractivity contribution in [2.75, 3.05) is 20.6 Å². The number of fused-ring (bicyclic) bond motifs is 1. The van der Waals surface area contributed by atoms with Gasteiger partial charge in [0.2, 0.25) is 5.91 Å². The molecule has 3 atom stereocenters. The van der Waals surface area contributed by atoms with E-state index in [0.717, 1.165) is 34.8 Å². The lowest BCUT2D eigenvalue weighted by atomic mass is 9.81. The fraction of sp³-hybridized carbons (Fsp3) is 0.433. The molecule has 2 unspecified atom stereocenters. The maximum Gasteiger partial charge on any atom is 0.263 e. The Morgan fingerprint density at radius 3 is 2.38 bits per heavy atom. The summed E-state index contributed by atoms with van der Waals surface area (Å²) < 4.78 is 1.17. The number of nitrogens with zero attached hydrogens (tertiary/aromatic N) is 4. The van der Waals surface area contributed by atoms with E-state index in [1.807, 2.05) is 12.1 Å². The summed E-state index contributed by atoms with van der Waals surface area (Å²) in [6.45, 7) is 7.02. The molecule has 39 heavy (non-hydrogen) atoms. The van der Waals surface area contributed by atoms with Crippen LogP contribution in [0.1, 0.15) is 57.2 Å². The number of aliphatic imine (C=N–C) groups is 1. The molecule has 5 rings (SSSR count). The molecule has 3 heterocycles. The Hall–Kier alpha value is -2.04. The third kappa shape index (κ3) is 5.12. The van der Waals surface area contributed by atoms with Gasteiger partial charge in [-0.1, -0.05) is 49.7 Å². The van der Waals surface area contributed by atoms with Gasteiger partial charge in [-0.2, -0.15) is 0 Å². The second-order valence-electron chi connectivity index (χ2n) is 11.1. The summed E-state index contributed by atoms with van der Waals surface area (Å²) in [6, 6.07) is 15.9. The molecule has 0 N–H and O–H groups in total. The monoisotopic (exact) mass is 676 g/mol. The van der Waals surface area contributed by atoms with Gasteiger partial charge in [0.15, 0.2) is 5.17 Å². The highest BCUT2D eigenvalue weighted by Gasteiger charge is 2.53. The number of benzene rings is 2. The molecule has 2 amide bonds. The molecule has 6 nitrogen and oxygen atoms in total. The summed E-state index contributed by atoms with van der Waals surface area (Å²) in [5.41, 5.74) is 2.61. The minimum atomic E-state index is -0.566. The molecule has 0 bridgehead atoms. The predicted octanol–water partition coefficient (Wildman–Crippen LogP) is 6.66. The van der Waals surface area contributed by atoms with E-state index in [-0.39, 0.29) is 23.8 Å². The first-order chi connectivity index (χ1) is 18.5. The topological polar surface area (TPSA) is 56.2 Å². The third-order valence-corrected chi connectivity index (χ3v) is 9.88. The van der Waals surface area contributed by atoms with E-state index in [1.54, 1.807) is 23.9 Å². The summed E-state index contributed by atoms with van der Waals surface area (Å²) >= 11 is 10.1. The summed E-state index contributed by atoms with van der Waals surface area (Å²) in [7, 11) is 3.52. The van der Waals surface area contributed by atoms with E-state index >= 15 is 0 Å². The van der Waals surface area contributed by atoms with Crippen molar-refractivity contribution in [3.05, 3.63) is 78.9 Å². The van der Waals surface area contributed by atoms with Crippen LogP contribution in [-0.2, 0) is 15.1 Å². The Kier molecular flexibility index (Phi) is 8.10. The van der Waals surface area contributed by atoms with Crippen LogP contribution in [0.3, 0.4) is 0 Å². The Bertz CT molecular complexity index is 1340. The number of amidine groups is 1. The number of hydrogen-bond acceptors (Lipinski definition) is 5. The molecule has 206 valence electrons. The van der Waals surface area contributed by atoms with Gasteiger partial charge < -0.3 is 14.7 Å². The van der Waals surface area contributed by atoms with Crippen molar-refractivity contribution in [1.29, 1.82) is 0 Å². The molecule has 1 saturated heterocycles. The number of piperidine rings is 1. The van der Waals surface area contributed by atoms with Crippen LogP contribution < -0.4 is 0 Å². The van der Waals surface area contributed by atoms with Crippen molar-refractivity contribution in [3.8, 4) is 0 Å². The SMILES string of the molecule is CC(C)C1=C(C(=O)N2CCCC[C@H]2C(=O)N(C)C)SC2=NC(C)(c3ccc(I)cc3)C(c3ccc(Cl)cc3)N21. The maximum absolute atomic E-state index is 14.2. The zero-order valence-electron chi connectivity index (χ0n) is 22.9. The molecule has 3 aliphatic heterocycles. The van der Waals surface area contributed by atoms with Crippen LogP contribution in [0.25, 0.3) is 0 Å². The lowest BCUT2D eigenvalue weighted by Crippen LogP contribution is -2.51.